The molecule has 1 rings (SSSR count). The number of carboxylic acid groups (broad SMARTS) is 1. The summed E-state index contributed by atoms with van der Waals surface area (Å²) in [5.41, 5.74) is -0.0646. The molecule has 0 spiro atoms. The molecular weight excluding hydrogens is 252 g/mol. The molecule has 0 saturated heterocycles. The lowest BCUT2D eigenvalue weighted by Gasteiger charge is -2.17. The fourth-order valence-corrected chi connectivity index (χ4v) is 1.39. The van der Waals surface area contributed by atoms with Gasteiger partial charge in [0.05, 0.1) is 10.8 Å². The fourth-order valence-electron chi connectivity index (χ4n) is 1.39. The van der Waals surface area contributed by atoms with Crippen molar-refractivity contribution in [1.82, 2.24) is 5.32 Å². The van der Waals surface area contributed by atoms with Gasteiger partial charge in [0.1, 0.15) is 0 Å². The second kappa shape index (κ2) is 5.94. The van der Waals surface area contributed by atoms with E-state index in [9.17, 15) is 19.7 Å². The lowest BCUT2D eigenvalue weighted by atomic mass is 10.0. The van der Waals surface area contributed by atoms with Crippen LogP contribution in [0.4, 0.5) is 5.69 Å². The van der Waals surface area contributed by atoms with Crippen LogP contribution in [-0.2, 0) is 4.79 Å². The number of aliphatic carboxylic acids is 1. The molecule has 0 aromatic heterocycles. The van der Waals surface area contributed by atoms with Crippen LogP contribution < -0.4 is 5.32 Å². The highest BCUT2D eigenvalue weighted by molar-refractivity contribution is 5.95. The molecule has 0 radical (unpaired) electrons. The van der Waals surface area contributed by atoms with Gasteiger partial charge in [0.15, 0.2) is 0 Å². The van der Waals surface area contributed by atoms with Crippen LogP contribution in [0.3, 0.4) is 0 Å². The summed E-state index contributed by atoms with van der Waals surface area (Å²) in [4.78, 5) is 32.6. The Labute approximate surface area is 109 Å². The van der Waals surface area contributed by atoms with E-state index in [-0.39, 0.29) is 11.3 Å². The van der Waals surface area contributed by atoms with Gasteiger partial charge in [-0.3, -0.25) is 19.7 Å². The van der Waals surface area contributed by atoms with Crippen molar-refractivity contribution < 1.29 is 19.6 Å². The van der Waals surface area contributed by atoms with Crippen molar-refractivity contribution in [3.63, 3.8) is 0 Å². The lowest BCUT2D eigenvalue weighted by Crippen LogP contribution is -2.40. The molecule has 0 heterocycles. The molecule has 1 aromatic rings. The predicted molar refractivity (Wildman–Crippen MR) is 66.8 cm³/mol. The highest BCUT2D eigenvalue weighted by Crippen LogP contribution is 2.13. The molecule has 0 fully saturated rings. The molecule has 0 bridgehead atoms. The third kappa shape index (κ3) is 3.77. The number of nitro benzene ring substituents is 1. The Hall–Kier alpha value is -2.44. The maximum absolute atomic E-state index is 11.8. The highest BCUT2D eigenvalue weighted by Gasteiger charge is 2.22. The zero-order chi connectivity index (χ0) is 14.6. The standard InChI is InChI=1S/C12H14N2O5/c1-7(12(16)17)8(2)13-11(15)9-4-3-5-10(6-9)14(18)19/h3-8H,1-2H3,(H,13,15)(H,16,17). The average Bonchev–Trinajstić information content (AvgIpc) is 2.37. The SMILES string of the molecule is CC(NC(=O)c1cccc([N+](=O)[O-])c1)C(C)C(=O)O. The van der Waals surface area contributed by atoms with Crippen molar-refractivity contribution in [2.75, 3.05) is 0 Å². The summed E-state index contributed by atoms with van der Waals surface area (Å²) < 4.78 is 0. The summed E-state index contributed by atoms with van der Waals surface area (Å²) >= 11 is 0. The van der Waals surface area contributed by atoms with Gasteiger partial charge in [-0.15, -0.1) is 0 Å². The molecule has 2 atom stereocenters. The molecule has 0 aliphatic heterocycles. The van der Waals surface area contributed by atoms with Gasteiger partial charge in [-0.2, -0.15) is 0 Å². The summed E-state index contributed by atoms with van der Waals surface area (Å²) in [5, 5.41) is 21.9. The Bertz CT molecular complexity index is 515. The van der Waals surface area contributed by atoms with Gasteiger partial charge in [-0.1, -0.05) is 6.07 Å². The molecule has 1 aromatic carbocycles. The second-order valence-corrected chi connectivity index (χ2v) is 4.20. The summed E-state index contributed by atoms with van der Waals surface area (Å²) in [7, 11) is 0. The highest BCUT2D eigenvalue weighted by atomic mass is 16.6. The molecule has 0 aliphatic carbocycles. The molecule has 7 heteroatoms. The van der Waals surface area contributed by atoms with E-state index in [4.69, 9.17) is 5.11 Å². The number of carbonyl (C=O) groups is 2. The Morgan fingerprint density at radius 2 is 2.00 bits per heavy atom. The first-order chi connectivity index (χ1) is 8.82. The van der Waals surface area contributed by atoms with Gasteiger partial charge >= 0.3 is 5.97 Å². The summed E-state index contributed by atoms with van der Waals surface area (Å²) in [6.45, 7) is 3.04. The summed E-state index contributed by atoms with van der Waals surface area (Å²) in [6, 6.07) is 4.68. The summed E-state index contributed by atoms with van der Waals surface area (Å²) in [5.74, 6) is -2.31. The van der Waals surface area contributed by atoms with Crippen LogP contribution in [0.15, 0.2) is 24.3 Å². The van der Waals surface area contributed by atoms with Crippen molar-refractivity contribution in [2.45, 2.75) is 19.9 Å². The minimum absolute atomic E-state index is 0.124. The van der Waals surface area contributed by atoms with Crippen LogP contribution >= 0.6 is 0 Å². The number of nitrogens with zero attached hydrogens (tertiary/aromatic N) is 1. The molecular formula is C12H14N2O5. The third-order valence-electron chi connectivity index (χ3n) is 2.82. The Morgan fingerprint density at radius 1 is 1.37 bits per heavy atom. The maximum atomic E-state index is 11.8. The maximum Gasteiger partial charge on any atom is 0.308 e. The number of non-ortho nitro benzene ring substituents is 1. The lowest BCUT2D eigenvalue weighted by molar-refractivity contribution is -0.384. The van der Waals surface area contributed by atoms with Crippen molar-refractivity contribution in [2.24, 2.45) is 5.92 Å². The third-order valence-corrected chi connectivity index (χ3v) is 2.82. The van der Waals surface area contributed by atoms with Crippen LogP contribution in [-0.4, -0.2) is 27.9 Å². The van der Waals surface area contributed by atoms with Crippen LogP contribution in [0.2, 0.25) is 0 Å². The largest absolute Gasteiger partial charge is 0.481 e. The zero-order valence-corrected chi connectivity index (χ0v) is 10.5. The van der Waals surface area contributed by atoms with E-state index in [0.717, 1.165) is 6.07 Å². The van der Waals surface area contributed by atoms with E-state index in [0.29, 0.717) is 0 Å². The first-order valence-corrected chi connectivity index (χ1v) is 5.61. The molecule has 2 N–H and O–H groups in total. The van der Waals surface area contributed by atoms with Gasteiger partial charge in [-0.25, -0.2) is 0 Å². The minimum atomic E-state index is -1.02. The van der Waals surface area contributed by atoms with Gasteiger partial charge in [0.25, 0.3) is 11.6 Å². The van der Waals surface area contributed by atoms with E-state index in [2.05, 4.69) is 5.32 Å². The summed E-state index contributed by atoms with van der Waals surface area (Å²) in [6.07, 6.45) is 0. The Morgan fingerprint density at radius 3 is 2.53 bits per heavy atom. The number of carbonyl (C=O) groups excluding carboxylic acids is 1. The van der Waals surface area contributed by atoms with E-state index in [1.807, 2.05) is 0 Å². The number of hydrogen-bond acceptors (Lipinski definition) is 4. The zero-order valence-electron chi connectivity index (χ0n) is 10.5. The number of benzene rings is 1. The number of hydrogen-bond donors (Lipinski definition) is 2. The van der Waals surface area contributed by atoms with E-state index in [1.165, 1.54) is 25.1 Å². The molecule has 7 nitrogen and oxygen atoms in total. The average molecular weight is 266 g/mol. The van der Waals surface area contributed by atoms with E-state index < -0.39 is 28.8 Å². The van der Waals surface area contributed by atoms with Gasteiger partial charge in [0.2, 0.25) is 0 Å². The Balaban J connectivity index is 2.81. The van der Waals surface area contributed by atoms with Crippen LogP contribution in [0.1, 0.15) is 24.2 Å². The quantitative estimate of drug-likeness (QED) is 0.619. The molecule has 2 unspecified atom stereocenters. The first kappa shape index (κ1) is 14.6. The van der Waals surface area contributed by atoms with Crippen molar-refractivity contribution in [1.29, 1.82) is 0 Å². The van der Waals surface area contributed by atoms with Crippen molar-refractivity contribution >= 4 is 17.6 Å². The van der Waals surface area contributed by atoms with E-state index in [1.54, 1.807) is 6.92 Å². The van der Waals surface area contributed by atoms with Crippen LogP contribution in [0, 0.1) is 16.0 Å². The van der Waals surface area contributed by atoms with E-state index >= 15 is 0 Å². The first-order valence-electron chi connectivity index (χ1n) is 5.61. The molecule has 102 valence electrons. The Kier molecular flexibility index (Phi) is 4.57. The van der Waals surface area contributed by atoms with Gasteiger partial charge in [0, 0.05) is 23.7 Å². The number of carboxylic acids is 1. The van der Waals surface area contributed by atoms with Gasteiger partial charge < -0.3 is 10.4 Å². The molecule has 19 heavy (non-hydrogen) atoms. The smallest absolute Gasteiger partial charge is 0.308 e. The molecule has 1 amide bonds. The van der Waals surface area contributed by atoms with Gasteiger partial charge in [-0.05, 0) is 19.9 Å². The number of rotatable bonds is 5. The fraction of sp³-hybridized carbons (Fsp3) is 0.333. The normalized spacial score (nSPS) is 13.4. The predicted octanol–water partition coefficient (Wildman–Crippen LogP) is 1.43. The number of nitro groups is 1. The number of nitrogens with one attached hydrogen (secondary N) is 1. The minimum Gasteiger partial charge on any atom is -0.481 e. The van der Waals surface area contributed by atoms with Crippen LogP contribution in [0.25, 0.3) is 0 Å². The van der Waals surface area contributed by atoms with Crippen molar-refractivity contribution in [3.05, 3.63) is 39.9 Å². The van der Waals surface area contributed by atoms with Crippen LogP contribution in [0.5, 0.6) is 0 Å². The second-order valence-electron chi connectivity index (χ2n) is 4.20. The van der Waals surface area contributed by atoms with Crippen molar-refractivity contribution in [3.8, 4) is 0 Å². The molecule has 0 saturated carbocycles. The monoisotopic (exact) mass is 266 g/mol. The number of amides is 1. The molecule has 0 aliphatic rings. The topological polar surface area (TPSA) is 110 Å².